The van der Waals surface area contributed by atoms with Crippen LogP contribution < -0.4 is 39.4 Å². The lowest BCUT2D eigenvalue weighted by atomic mass is 9.69. The summed E-state index contributed by atoms with van der Waals surface area (Å²) in [7, 11) is 0. The molecule has 6 aliphatic heterocycles. The number of hydrogen-bond donors (Lipinski definition) is 4. The number of carbonyl (C=O) groups is 6. The number of carbonyl (C=O) groups excluding carboxylic acids is 6. The number of benzene rings is 9. The van der Waals surface area contributed by atoms with Gasteiger partial charge in [0.15, 0.2) is 0 Å². The monoisotopic (exact) mass is 1540 g/mol. The molecule has 9 aromatic rings. The van der Waals surface area contributed by atoms with Crippen molar-refractivity contribution in [3.05, 3.63) is 279 Å². The van der Waals surface area contributed by atoms with E-state index in [2.05, 4.69) is 194 Å². The Morgan fingerprint density at radius 3 is 1.35 bits per heavy atom. The van der Waals surface area contributed by atoms with Crippen molar-refractivity contribution >= 4 is 46.8 Å². The normalized spacial score (nSPS) is 21.5. The molecule has 6 amide bonds. The Morgan fingerprint density at radius 2 is 0.843 bits per heavy atom. The van der Waals surface area contributed by atoms with E-state index in [1.807, 2.05) is 42.5 Å². The molecule has 6 heterocycles. The van der Waals surface area contributed by atoms with Gasteiger partial charge in [0, 0.05) is 126 Å². The summed E-state index contributed by atoms with van der Waals surface area (Å²) < 4.78 is 26.1. The number of aliphatic hydroxyl groups excluding tert-OH is 2. The van der Waals surface area contributed by atoms with Crippen molar-refractivity contribution in [1.82, 2.24) is 30.2 Å². The lowest BCUT2D eigenvalue weighted by Crippen LogP contribution is -2.52. The van der Waals surface area contributed by atoms with Gasteiger partial charge in [0.05, 0.1) is 25.4 Å². The van der Waals surface area contributed by atoms with Crippen LogP contribution in [0, 0.1) is 0 Å². The van der Waals surface area contributed by atoms with Gasteiger partial charge in [-0.3, -0.25) is 49.2 Å². The first kappa shape index (κ1) is 76.5. The summed E-state index contributed by atoms with van der Waals surface area (Å²) in [6.07, 6.45) is 6.53. The van der Waals surface area contributed by atoms with Gasteiger partial charge in [-0.25, -0.2) is 0 Å². The average molecular weight is 1550 g/mol. The quantitative estimate of drug-likeness (QED) is 0.0277. The molecule has 4 N–H and O–H groups in total. The fourth-order valence-corrected chi connectivity index (χ4v) is 18.9. The number of ether oxygens (including phenoxy) is 4. The predicted molar refractivity (Wildman–Crippen MR) is 439 cm³/mol. The Hall–Kier alpha value is -11.2. The van der Waals surface area contributed by atoms with Gasteiger partial charge in [-0.15, -0.1) is 0 Å². The van der Waals surface area contributed by atoms with Gasteiger partial charge in [0.1, 0.15) is 47.4 Å². The molecule has 4 unspecified atom stereocenters. The number of amides is 6. The predicted octanol–water partition coefficient (Wildman–Crippen LogP) is 13.0. The highest BCUT2D eigenvalue weighted by Gasteiger charge is 2.42. The molecule has 17 rings (SSSR count). The lowest BCUT2D eigenvalue weighted by Gasteiger charge is -2.37. The van der Waals surface area contributed by atoms with Crippen LogP contribution >= 0.6 is 0 Å². The molecule has 0 radical (unpaired) electrons. The number of fused-ring (bicyclic) bond motifs is 4. The Morgan fingerprint density at radius 1 is 0.391 bits per heavy atom. The van der Waals surface area contributed by atoms with E-state index in [0.717, 1.165) is 135 Å². The first-order chi connectivity index (χ1) is 56.2. The van der Waals surface area contributed by atoms with E-state index in [1.165, 1.54) is 44.5 Å². The topological polar surface area (TPSA) is 223 Å². The summed E-state index contributed by atoms with van der Waals surface area (Å²) in [4.78, 5) is 87.8. The molecule has 4 fully saturated rings. The van der Waals surface area contributed by atoms with E-state index >= 15 is 0 Å². The number of hydrogen-bond acceptors (Lipinski definition) is 16. The molecule has 9 aromatic carbocycles. The van der Waals surface area contributed by atoms with Crippen molar-refractivity contribution in [2.45, 2.75) is 145 Å². The van der Waals surface area contributed by atoms with Crippen LogP contribution in [0.4, 0.5) is 11.4 Å². The summed E-state index contributed by atoms with van der Waals surface area (Å²) in [6, 6.07) is 70.9. The Balaban J connectivity index is 0.500. The number of aliphatic hydroxyl groups is 2. The zero-order valence-electron chi connectivity index (χ0n) is 65.0. The first-order valence-corrected chi connectivity index (χ1v) is 41.3. The van der Waals surface area contributed by atoms with E-state index in [4.69, 9.17) is 18.9 Å². The summed E-state index contributed by atoms with van der Waals surface area (Å²) in [5, 5.41) is 27.2. The third-order valence-corrected chi connectivity index (χ3v) is 25.0. The zero-order chi connectivity index (χ0) is 78.5. The molecule has 0 aromatic heterocycles. The van der Waals surface area contributed by atoms with E-state index in [0.29, 0.717) is 95.7 Å². The number of β-amino-alcohol motifs (C(OH)–C–C–N with tert-alkyl or cyclic N) is 2. The molecule has 0 saturated carbocycles. The minimum atomic E-state index is -0.643. The van der Waals surface area contributed by atoms with Crippen LogP contribution in [0.3, 0.4) is 0 Å². The number of aryl methyl sites for hydroxylation is 2. The summed E-state index contributed by atoms with van der Waals surface area (Å²) in [5.74, 6) is 2.89. The number of rotatable bonds is 27. The number of piperazine rings is 2. The number of nitrogens with zero attached hydrogens (tertiary/aromatic N) is 6. The maximum Gasteiger partial charge on any atom is 0.255 e. The fraction of sp³-hybridized carbons (Fsp3) is 0.368. The van der Waals surface area contributed by atoms with Crippen LogP contribution in [0.1, 0.15) is 170 Å². The number of piperidine rings is 2. The first-order valence-electron chi connectivity index (χ1n) is 41.3. The summed E-state index contributed by atoms with van der Waals surface area (Å²) in [6.45, 7) is 9.68. The highest BCUT2D eigenvalue weighted by Crippen LogP contribution is 2.50. The van der Waals surface area contributed by atoms with Crippen LogP contribution in [0.5, 0.6) is 28.7 Å². The van der Waals surface area contributed by atoms with Gasteiger partial charge >= 0.3 is 0 Å². The molecule has 2 aliphatic carbocycles. The zero-order valence-corrected chi connectivity index (χ0v) is 65.0. The average Bonchev–Trinajstić information content (AvgIpc) is 1.67. The second-order valence-corrected chi connectivity index (χ2v) is 32.3. The summed E-state index contributed by atoms with van der Waals surface area (Å²) >= 11 is 0. The lowest BCUT2D eigenvalue weighted by molar-refractivity contribution is -0.138. The highest BCUT2D eigenvalue weighted by atomic mass is 16.5. The Labute approximate surface area is 671 Å². The Bertz CT molecular complexity index is 5030. The van der Waals surface area contributed by atoms with E-state index in [-0.39, 0.29) is 60.1 Å². The molecular weight excluding hydrogens is 1450 g/mol. The molecule has 115 heavy (non-hydrogen) atoms. The van der Waals surface area contributed by atoms with Crippen LogP contribution in [-0.4, -0.2) is 168 Å². The van der Waals surface area contributed by atoms with Crippen molar-refractivity contribution < 1.29 is 57.9 Å². The van der Waals surface area contributed by atoms with Gasteiger partial charge in [-0.1, -0.05) is 109 Å². The van der Waals surface area contributed by atoms with Crippen molar-refractivity contribution in [3.63, 3.8) is 0 Å². The molecule has 20 heteroatoms. The van der Waals surface area contributed by atoms with Gasteiger partial charge in [0.2, 0.25) is 23.6 Å². The van der Waals surface area contributed by atoms with Crippen LogP contribution in [-0.2, 0) is 51.7 Å². The van der Waals surface area contributed by atoms with Crippen LogP contribution in [0.15, 0.2) is 206 Å². The molecule has 0 spiro atoms. The number of nitrogens with one attached hydrogen (secondary N) is 2. The van der Waals surface area contributed by atoms with Gasteiger partial charge in [-0.2, -0.15) is 0 Å². The fourth-order valence-electron chi connectivity index (χ4n) is 18.9. The van der Waals surface area contributed by atoms with Gasteiger partial charge in [-0.05, 0) is 234 Å². The van der Waals surface area contributed by atoms with Crippen LogP contribution in [0.2, 0.25) is 0 Å². The smallest absolute Gasteiger partial charge is 0.255 e. The minimum Gasteiger partial charge on any atom is -0.494 e. The molecule has 20 nitrogen and oxygen atoms in total. The second kappa shape index (κ2) is 34.5. The van der Waals surface area contributed by atoms with Crippen molar-refractivity contribution in [3.8, 4) is 28.7 Å². The Kier molecular flexibility index (Phi) is 22.9. The largest absolute Gasteiger partial charge is 0.494 e. The van der Waals surface area contributed by atoms with Crippen molar-refractivity contribution in [2.75, 3.05) is 88.5 Å². The molecule has 8 atom stereocenters. The minimum absolute atomic E-state index is 0.0430. The third kappa shape index (κ3) is 17.3. The maximum absolute atomic E-state index is 13.3. The molecule has 0 bridgehead atoms. The molecule has 4 saturated heterocycles. The van der Waals surface area contributed by atoms with Crippen molar-refractivity contribution in [2.24, 2.45) is 0 Å². The second-order valence-electron chi connectivity index (χ2n) is 32.3. The summed E-state index contributed by atoms with van der Waals surface area (Å²) in [5.41, 5.74) is 16.3. The van der Waals surface area contributed by atoms with Crippen molar-refractivity contribution in [1.29, 1.82) is 0 Å². The molecule has 592 valence electrons. The van der Waals surface area contributed by atoms with E-state index in [9.17, 15) is 39.0 Å². The van der Waals surface area contributed by atoms with Gasteiger partial charge in [0.25, 0.3) is 11.8 Å². The standard InChI is InChI=1S/C95H100N8O12/c104-73(59-98-42-46-100(47-43-98)71-24-34-84-69(52-71)57-102(94(84)110)86-38-40-88(106)96-92(86)108)15-8-50-112-75-26-18-64(19-27-75)90-80(63-12-5-2-6-13-63)32-22-68-56-79(31-37-83(68)90)115-78-17-7-14-66(55-78)81-33-23-67-54-77(114-61-62-10-3-1-4-11-62)30-36-82(67)91(81)65-20-28-76(29-21-65)113-51-9-16-74(105)60-99-44-48-101(49-45-99)72-25-35-85-70(53-72)58-103(95(85)111)87-39-41-89(107)97-93(87)109/h1-7,10-14,17-21,24-31,34-37,52-56,73-74,80-81,86-87,90-91,104-105H,8-9,15-16,22-23,32-33,38-51,57-61H2,(H,96,106,108)(H,97,107,109)/t73?,74?,80-,81-,86?,87?,90+,91+/m1/s1. The van der Waals surface area contributed by atoms with E-state index in [1.54, 1.807) is 9.80 Å². The maximum atomic E-state index is 13.3. The number of anilines is 2. The third-order valence-electron chi connectivity index (χ3n) is 25.0. The van der Waals surface area contributed by atoms with Gasteiger partial charge < -0.3 is 48.8 Å². The van der Waals surface area contributed by atoms with Crippen LogP contribution in [0.25, 0.3) is 0 Å². The number of imide groups is 2. The SMILES string of the molecule is O=C1CCC(N2Cc3cc(N4CCN(CC(O)CCCOc5ccc([C@@H]6c7ccc(OCc8ccccc8)cc7CC[C@@H]6c6cccc(Oc7ccc8c(c7)CC[C@H](c7ccccc7)[C@@H]8c7ccc(OCCCC(O)CN8CCN(c9ccc%10c(c9)CN(C9CCC(=O)NC9=O)C%10=O)CC8)cc7)c6)cc5)CC4)ccc3C2=O)C(=O)N1. The highest BCUT2D eigenvalue weighted by molar-refractivity contribution is 6.06. The molecule has 8 aliphatic rings. The molecular formula is C95H100N8O12. The van der Waals surface area contributed by atoms with E-state index < -0.39 is 36.1 Å².